The SMILES string of the molecule is COC1CCCC(c2nc(N)nc(SC)c2C#N)C1. The van der Waals surface area contributed by atoms with E-state index < -0.39 is 0 Å². The van der Waals surface area contributed by atoms with E-state index in [1.165, 1.54) is 11.8 Å². The van der Waals surface area contributed by atoms with E-state index >= 15 is 0 Å². The van der Waals surface area contributed by atoms with Crippen LogP contribution >= 0.6 is 11.8 Å². The van der Waals surface area contributed by atoms with Crippen LogP contribution in [0.15, 0.2) is 5.03 Å². The van der Waals surface area contributed by atoms with Gasteiger partial charge in [0, 0.05) is 13.0 Å². The molecule has 6 heteroatoms. The van der Waals surface area contributed by atoms with Crippen molar-refractivity contribution in [3.63, 3.8) is 0 Å². The Morgan fingerprint density at radius 2 is 2.21 bits per heavy atom. The fourth-order valence-corrected chi connectivity index (χ4v) is 3.17. The Labute approximate surface area is 117 Å². The van der Waals surface area contributed by atoms with Crippen LogP contribution in [0, 0.1) is 11.3 Å². The summed E-state index contributed by atoms with van der Waals surface area (Å²) >= 11 is 1.43. The molecule has 2 atom stereocenters. The average molecular weight is 278 g/mol. The lowest BCUT2D eigenvalue weighted by atomic mass is 9.83. The van der Waals surface area contributed by atoms with Gasteiger partial charge in [0.25, 0.3) is 0 Å². The van der Waals surface area contributed by atoms with Crippen molar-refractivity contribution < 1.29 is 4.74 Å². The van der Waals surface area contributed by atoms with Gasteiger partial charge in [0.15, 0.2) is 0 Å². The van der Waals surface area contributed by atoms with Gasteiger partial charge < -0.3 is 10.5 Å². The molecule has 1 fully saturated rings. The lowest BCUT2D eigenvalue weighted by Crippen LogP contribution is -2.22. The number of thioether (sulfide) groups is 1. The zero-order valence-corrected chi connectivity index (χ0v) is 12.0. The standard InChI is InChI=1S/C13H18N4OS/c1-18-9-5-3-4-8(6-9)11-10(7-14)12(19-2)17-13(15)16-11/h8-9H,3-6H2,1-2H3,(H2,15,16,17). The van der Waals surface area contributed by atoms with Crippen molar-refractivity contribution in [1.29, 1.82) is 5.26 Å². The zero-order chi connectivity index (χ0) is 13.8. The molecule has 102 valence electrons. The molecule has 0 aromatic carbocycles. The molecule has 1 aliphatic rings. The molecule has 0 amide bonds. The molecule has 0 saturated heterocycles. The minimum Gasteiger partial charge on any atom is -0.381 e. The number of nitrogens with zero attached hydrogens (tertiary/aromatic N) is 3. The molecule has 1 saturated carbocycles. The molecule has 0 aliphatic heterocycles. The molecule has 0 spiro atoms. The lowest BCUT2D eigenvalue weighted by molar-refractivity contribution is 0.0629. The number of methoxy groups -OCH3 is 1. The highest BCUT2D eigenvalue weighted by atomic mass is 32.2. The van der Waals surface area contributed by atoms with Crippen molar-refractivity contribution in [2.75, 3.05) is 19.1 Å². The number of hydrogen-bond donors (Lipinski definition) is 1. The first-order valence-electron chi connectivity index (χ1n) is 6.33. The summed E-state index contributed by atoms with van der Waals surface area (Å²) in [6.07, 6.45) is 6.23. The van der Waals surface area contributed by atoms with Gasteiger partial charge in [0.1, 0.15) is 16.7 Å². The van der Waals surface area contributed by atoms with Crippen LogP contribution in [-0.4, -0.2) is 29.4 Å². The molecule has 2 unspecified atom stereocenters. The summed E-state index contributed by atoms with van der Waals surface area (Å²) in [4.78, 5) is 8.45. The summed E-state index contributed by atoms with van der Waals surface area (Å²) in [6.45, 7) is 0. The Morgan fingerprint density at radius 3 is 2.84 bits per heavy atom. The van der Waals surface area contributed by atoms with E-state index in [0.29, 0.717) is 10.6 Å². The minimum absolute atomic E-state index is 0.240. The molecular weight excluding hydrogens is 260 g/mol. The van der Waals surface area contributed by atoms with Gasteiger partial charge in [-0.25, -0.2) is 9.97 Å². The molecule has 1 aromatic rings. The summed E-state index contributed by atoms with van der Waals surface area (Å²) in [6, 6.07) is 2.23. The summed E-state index contributed by atoms with van der Waals surface area (Å²) in [5.74, 6) is 0.488. The maximum Gasteiger partial charge on any atom is 0.221 e. The highest BCUT2D eigenvalue weighted by molar-refractivity contribution is 7.98. The van der Waals surface area contributed by atoms with Crippen LogP contribution in [0.25, 0.3) is 0 Å². The number of rotatable bonds is 3. The number of ether oxygens (including phenoxy) is 1. The molecule has 0 bridgehead atoms. The van der Waals surface area contributed by atoms with Crippen LogP contribution in [0.2, 0.25) is 0 Å². The first-order chi connectivity index (χ1) is 9.19. The Hall–Kier alpha value is -1.32. The van der Waals surface area contributed by atoms with E-state index in [1.54, 1.807) is 7.11 Å². The Bertz CT molecular complexity index is 500. The quantitative estimate of drug-likeness (QED) is 0.674. The van der Waals surface area contributed by atoms with Crippen LogP contribution in [0.3, 0.4) is 0 Å². The minimum atomic E-state index is 0.240. The van der Waals surface area contributed by atoms with Crippen LogP contribution < -0.4 is 5.73 Å². The third-order valence-corrected chi connectivity index (χ3v) is 4.25. The molecule has 0 radical (unpaired) electrons. The van der Waals surface area contributed by atoms with Gasteiger partial charge in [0.2, 0.25) is 5.95 Å². The molecule has 1 aliphatic carbocycles. The Morgan fingerprint density at radius 1 is 1.42 bits per heavy atom. The Kier molecular flexibility index (Phi) is 4.61. The van der Waals surface area contributed by atoms with Gasteiger partial charge in [-0.2, -0.15) is 5.26 Å². The van der Waals surface area contributed by atoms with E-state index in [0.717, 1.165) is 31.4 Å². The van der Waals surface area contributed by atoms with Gasteiger partial charge in [-0.15, -0.1) is 11.8 Å². The van der Waals surface area contributed by atoms with Crippen molar-refractivity contribution >= 4 is 17.7 Å². The van der Waals surface area contributed by atoms with Gasteiger partial charge in [-0.1, -0.05) is 6.42 Å². The second-order valence-corrected chi connectivity index (χ2v) is 5.48. The van der Waals surface area contributed by atoms with Crippen molar-refractivity contribution in [2.45, 2.75) is 42.7 Å². The van der Waals surface area contributed by atoms with E-state index in [2.05, 4.69) is 16.0 Å². The predicted octanol–water partition coefficient (Wildman–Crippen LogP) is 2.32. The number of anilines is 1. The first-order valence-corrected chi connectivity index (χ1v) is 7.56. The van der Waals surface area contributed by atoms with E-state index in [9.17, 15) is 5.26 Å². The van der Waals surface area contributed by atoms with Crippen LogP contribution in [0.4, 0.5) is 5.95 Å². The molecule has 5 nitrogen and oxygen atoms in total. The van der Waals surface area contributed by atoms with E-state index in [4.69, 9.17) is 10.5 Å². The molecule has 1 aromatic heterocycles. The lowest BCUT2D eigenvalue weighted by Gasteiger charge is -2.28. The number of nitrogens with two attached hydrogens (primary N) is 1. The maximum absolute atomic E-state index is 9.36. The fraction of sp³-hybridized carbons (Fsp3) is 0.615. The van der Waals surface area contributed by atoms with Gasteiger partial charge in [-0.3, -0.25) is 0 Å². The number of hydrogen-bond acceptors (Lipinski definition) is 6. The highest BCUT2D eigenvalue weighted by Gasteiger charge is 2.27. The van der Waals surface area contributed by atoms with Crippen molar-refractivity contribution in [3.05, 3.63) is 11.3 Å². The summed E-state index contributed by atoms with van der Waals surface area (Å²) in [7, 11) is 1.74. The second-order valence-electron chi connectivity index (χ2n) is 4.68. The Balaban J connectivity index is 2.38. The highest BCUT2D eigenvalue weighted by Crippen LogP contribution is 2.36. The van der Waals surface area contributed by atoms with Gasteiger partial charge in [0.05, 0.1) is 11.8 Å². The first kappa shape index (κ1) is 14.1. The van der Waals surface area contributed by atoms with E-state index in [1.807, 2.05) is 6.26 Å². The van der Waals surface area contributed by atoms with Crippen LogP contribution in [0.5, 0.6) is 0 Å². The fourth-order valence-electron chi connectivity index (χ4n) is 2.63. The van der Waals surface area contributed by atoms with Crippen molar-refractivity contribution in [1.82, 2.24) is 9.97 Å². The van der Waals surface area contributed by atoms with Crippen molar-refractivity contribution in [3.8, 4) is 6.07 Å². The average Bonchev–Trinajstić information content (AvgIpc) is 2.46. The monoisotopic (exact) mass is 278 g/mol. The largest absolute Gasteiger partial charge is 0.381 e. The molecule has 1 heterocycles. The number of nitriles is 1. The molecule has 19 heavy (non-hydrogen) atoms. The molecule has 2 rings (SSSR count). The predicted molar refractivity (Wildman–Crippen MR) is 74.9 cm³/mol. The summed E-state index contributed by atoms with van der Waals surface area (Å²) in [5.41, 5.74) is 7.12. The van der Waals surface area contributed by atoms with E-state index in [-0.39, 0.29) is 18.0 Å². The molecular formula is C13H18N4OS. The third kappa shape index (κ3) is 2.99. The van der Waals surface area contributed by atoms with Crippen LogP contribution in [0.1, 0.15) is 42.9 Å². The van der Waals surface area contributed by atoms with Gasteiger partial charge in [-0.05, 0) is 25.5 Å². The number of nitrogen functional groups attached to an aromatic ring is 1. The van der Waals surface area contributed by atoms with Gasteiger partial charge >= 0.3 is 0 Å². The molecule has 2 N–H and O–H groups in total. The van der Waals surface area contributed by atoms with Crippen molar-refractivity contribution in [2.24, 2.45) is 0 Å². The smallest absolute Gasteiger partial charge is 0.221 e. The topological polar surface area (TPSA) is 84.8 Å². The third-order valence-electron chi connectivity index (χ3n) is 3.57. The second kappa shape index (κ2) is 6.22. The normalized spacial score (nSPS) is 23.0. The van der Waals surface area contributed by atoms with Crippen LogP contribution in [-0.2, 0) is 4.74 Å². The summed E-state index contributed by atoms with van der Waals surface area (Å²) < 4.78 is 5.44. The number of aromatic nitrogens is 2. The zero-order valence-electron chi connectivity index (χ0n) is 11.2. The maximum atomic E-state index is 9.36. The summed E-state index contributed by atoms with van der Waals surface area (Å²) in [5, 5.41) is 10.0.